The van der Waals surface area contributed by atoms with E-state index in [-0.39, 0.29) is 12.4 Å². The van der Waals surface area contributed by atoms with Gasteiger partial charge >= 0.3 is 0 Å². The minimum Gasteiger partial charge on any atom is -0.472 e. The molecule has 0 saturated carbocycles. The zero-order valence-corrected chi connectivity index (χ0v) is 9.82. The highest BCUT2D eigenvalue weighted by molar-refractivity contribution is 9.10. The Balaban J connectivity index is 2.02. The molecule has 0 aliphatic carbocycles. The maximum absolute atomic E-state index is 13.2. The van der Waals surface area contributed by atoms with Crippen molar-refractivity contribution in [3.05, 3.63) is 52.6 Å². The van der Waals surface area contributed by atoms with Crippen LogP contribution in [0.2, 0.25) is 0 Å². The standard InChI is InChI=1S/C11H8BrFN2O/c12-10-5-15-11(6-14-10)16-7-8-3-1-2-4-9(8)13/h1-6H,7H2. The molecule has 82 valence electrons. The summed E-state index contributed by atoms with van der Waals surface area (Å²) in [4.78, 5) is 7.92. The van der Waals surface area contributed by atoms with Gasteiger partial charge in [0.05, 0.1) is 12.4 Å². The van der Waals surface area contributed by atoms with Gasteiger partial charge in [-0.15, -0.1) is 0 Å². The summed E-state index contributed by atoms with van der Waals surface area (Å²) in [6, 6.07) is 6.46. The Morgan fingerprint density at radius 2 is 2.00 bits per heavy atom. The van der Waals surface area contributed by atoms with Crippen molar-refractivity contribution in [2.24, 2.45) is 0 Å². The van der Waals surface area contributed by atoms with Crippen molar-refractivity contribution in [3.8, 4) is 5.88 Å². The van der Waals surface area contributed by atoms with E-state index in [1.54, 1.807) is 18.2 Å². The summed E-state index contributed by atoms with van der Waals surface area (Å²) in [6.07, 6.45) is 3.00. The van der Waals surface area contributed by atoms with Crippen LogP contribution in [0.1, 0.15) is 5.56 Å². The van der Waals surface area contributed by atoms with Crippen LogP contribution in [0.5, 0.6) is 5.88 Å². The minimum atomic E-state index is -0.285. The maximum Gasteiger partial charge on any atom is 0.232 e. The molecule has 16 heavy (non-hydrogen) atoms. The van der Waals surface area contributed by atoms with E-state index in [1.807, 2.05) is 0 Å². The summed E-state index contributed by atoms with van der Waals surface area (Å²) >= 11 is 3.16. The number of ether oxygens (including phenoxy) is 1. The van der Waals surface area contributed by atoms with Gasteiger partial charge in [0.25, 0.3) is 0 Å². The van der Waals surface area contributed by atoms with Crippen molar-refractivity contribution >= 4 is 15.9 Å². The van der Waals surface area contributed by atoms with Crippen LogP contribution in [-0.4, -0.2) is 9.97 Å². The summed E-state index contributed by atoms with van der Waals surface area (Å²) in [6.45, 7) is 0.142. The number of rotatable bonds is 3. The lowest BCUT2D eigenvalue weighted by atomic mass is 10.2. The molecular formula is C11H8BrFN2O. The fourth-order valence-electron chi connectivity index (χ4n) is 1.14. The summed E-state index contributed by atoms with van der Waals surface area (Å²) < 4.78 is 19.2. The lowest BCUT2D eigenvalue weighted by Gasteiger charge is -2.05. The lowest BCUT2D eigenvalue weighted by molar-refractivity contribution is 0.286. The average Bonchev–Trinajstić information content (AvgIpc) is 2.30. The van der Waals surface area contributed by atoms with Gasteiger partial charge in [0, 0.05) is 5.56 Å². The normalized spacial score (nSPS) is 10.1. The van der Waals surface area contributed by atoms with Gasteiger partial charge in [0.2, 0.25) is 5.88 Å². The van der Waals surface area contributed by atoms with Crippen molar-refractivity contribution in [1.82, 2.24) is 9.97 Å². The maximum atomic E-state index is 13.2. The van der Waals surface area contributed by atoms with Crippen molar-refractivity contribution in [2.75, 3.05) is 0 Å². The number of aromatic nitrogens is 2. The van der Waals surface area contributed by atoms with Gasteiger partial charge in [-0.1, -0.05) is 18.2 Å². The third-order valence-electron chi connectivity index (χ3n) is 1.93. The van der Waals surface area contributed by atoms with Crippen LogP contribution in [0.4, 0.5) is 4.39 Å². The average molecular weight is 283 g/mol. The van der Waals surface area contributed by atoms with Gasteiger partial charge in [0.15, 0.2) is 0 Å². The molecule has 0 N–H and O–H groups in total. The molecule has 0 fully saturated rings. The van der Waals surface area contributed by atoms with Crippen LogP contribution in [-0.2, 0) is 6.61 Å². The van der Waals surface area contributed by atoms with Crippen LogP contribution in [0.25, 0.3) is 0 Å². The molecule has 2 rings (SSSR count). The molecule has 0 radical (unpaired) electrons. The highest BCUT2D eigenvalue weighted by Crippen LogP contribution is 2.12. The van der Waals surface area contributed by atoms with Gasteiger partial charge in [0.1, 0.15) is 17.0 Å². The van der Waals surface area contributed by atoms with Crippen molar-refractivity contribution in [2.45, 2.75) is 6.61 Å². The molecular weight excluding hydrogens is 275 g/mol. The quantitative estimate of drug-likeness (QED) is 0.868. The van der Waals surface area contributed by atoms with Crippen LogP contribution < -0.4 is 4.74 Å². The van der Waals surface area contributed by atoms with E-state index >= 15 is 0 Å². The first-order valence-corrected chi connectivity index (χ1v) is 5.39. The zero-order chi connectivity index (χ0) is 11.4. The molecule has 0 aliphatic rings. The fourth-order valence-corrected chi connectivity index (χ4v) is 1.35. The fraction of sp³-hybridized carbons (Fsp3) is 0.0909. The Hall–Kier alpha value is -1.49. The van der Waals surface area contributed by atoms with Gasteiger partial charge in [-0.2, -0.15) is 0 Å². The smallest absolute Gasteiger partial charge is 0.232 e. The summed E-state index contributed by atoms with van der Waals surface area (Å²) in [7, 11) is 0. The lowest BCUT2D eigenvalue weighted by Crippen LogP contribution is -1.99. The third-order valence-corrected chi connectivity index (χ3v) is 2.34. The topological polar surface area (TPSA) is 35.0 Å². The molecule has 3 nitrogen and oxygen atoms in total. The Labute approximate surface area is 100 Å². The SMILES string of the molecule is Fc1ccccc1COc1cnc(Br)cn1. The number of benzene rings is 1. The van der Waals surface area contributed by atoms with E-state index in [4.69, 9.17) is 4.74 Å². The van der Waals surface area contributed by atoms with E-state index in [0.29, 0.717) is 16.0 Å². The monoisotopic (exact) mass is 282 g/mol. The summed E-state index contributed by atoms with van der Waals surface area (Å²) in [5, 5.41) is 0. The highest BCUT2D eigenvalue weighted by Gasteiger charge is 2.02. The zero-order valence-electron chi connectivity index (χ0n) is 8.23. The van der Waals surface area contributed by atoms with E-state index in [1.165, 1.54) is 18.5 Å². The second-order valence-electron chi connectivity index (χ2n) is 3.06. The predicted octanol–water partition coefficient (Wildman–Crippen LogP) is 2.96. The minimum absolute atomic E-state index is 0.142. The highest BCUT2D eigenvalue weighted by atomic mass is 79.9. The van der Waals surface area contributed by atoms with Crippen molar-refractivity contribution in [3.63, 3.8) is 0 Å². The van der Waals surface area contributed by atoms with Gasteiger partial charge in [-0.25, -0.2) is 14.4 Å². The number of nitrogens with zero attached hydrogens (tertiary/aromatic N) is 2. The Morgan fingerprint density at radius 3 is 2.69 bits per heavy atom. The predicted molar refractivity (Wildman–Crippen MR) is 60.5 cm³/mol. The largest absolute Gasteiger partial charge is 0.472 e. The van der Waals surface area contributed by atoms with Crippen LogP contribution in [0.3, 0.4) is 0 Å². The third kappa shape index (κ3) is 2.76. The molecule has 0 amide bonds. The van der Waals surface area contributed by atoms with Crippen LogP contribution >= 0.6 is 15.9 Å². The molecule has 2 aromatic rings. The molecule has 1 aromatic heterocycles. The van der Waals surface area contributed by atoms with Gasteiger partial charge in [-0.05, 0) is 22.0 Å². The summed E-state index contributed by atoms with van der Waals surface area (Å²) in [5.74, 6) is 0.0824. The molecule has 1 heterocycles. The molecule has 0 aliphatic heterocycles. The molecule has 0 spiro atoms. The first kappa shape index (κ1) is 11.0. The molecule has 0 saturated heterocycles. The first-order valence-electron chi connectivity index (χ1n) is 4.59. The molecule has 0 bridgehead atoms. The van der Waals surface area contributed by atoms with Crippen LogP contribution in [0.15, 0.2) is 41.3 Å². The molecule has 0 atom stereocenters. The second-order valence-corrected chi connectivity index (χ2v) is 3.87. The second kappa shape index (κ2) is 5.03. The van der Waals surface area contributed by atoms with Gasteiger partial charge < -0.3 is 4.74 Å². The Bertz CT molecular complexity index is 476. The van der Waals surface area contributed by atoms with E-state index < -0.39 is 0 Å². The Morgan fingerprint density at radius 1 is 1.19 bits per heavy atom. The van der Waals surface area contributed by atoms with Crippen molar-refractivity contribution < 1.29 is 9.13 Å². The molecule has 0 unspecified atom stereocenters. The van der Waals surface area contributed by atoms with E-state index in [0.717, 1.165) is 0 Å². The van der Waals surface area contributed by atoms with Gasteiger partial charge in [-0.3, -0.25) is 0 Å². The first-order chi connectivity index (χ1) is 7.75. The number of halogens is 2. The van der Waals surface area contributed by atoms with E-state index in [9.17, 15) is 4.39 Å². The number of hydrogen-bond donors (Lipinski definition) is 0. The molecule has 1 aromatic carbocycles. The summed E-state index contributed by atoms with van der Waals surface area (Å²) in [5.41, 5.74) is 0.493. The Kier molecular flexibility index (Phi) is 3.46. The van der Waals surface area contributed by atoms with Crippen LogP contribution in [0, 0.1) is 5.82 Å². The van der Waals surface area contributed by atoms with E-state index in [2.05, 4.69) is 25.9 Å². The number of hydrogen-bond acceptors (Lipinski definition) is 3. The van der Waals surface area contributed by atoms with Crippen molar-refractivity contribution in [1.29, 1.82) is 0 Å². The molecule has 5 heteroatoms.